The van der Waals surface area contributed by atoms with Gasteiger partial charge in [0.25, 0.3) is 5.91 Å². The average Bonchev–Trinajstić information content (AvgIpc) is 3.05. The highest BCUT2D eigenvalue weighted by Gasteiger charge is 2.12. The number of hydrazine groups is 1. The maximum atomic E-state index is 12.2. The fourth-order valence-corrected chi connectivity index (χ4v) is 3.25. The number of rotatable bonds is 5. The van der Waals surface area contributed by atoms with Gasteiger partial charge in [0.2, 0.25) is 5.91 Å². The normalized spacial score (nSPS) is 10.6. The summed E-state index contributed by atoms with van der Waals surface area (Å²) in [5.74, 6) is 0.332. The van der Waals surface area contributed by atoms with Crippen molar-refractivity contribution >= 4 is 46.1 Å². The van der Waals surface area contributed by atoms with Gasteiger partial charge >= 0.3 is 0 Å². The number of benzene rings is 2. The number of hydrogen-bond donors (Lipinski definition) is 3. The molecule has 0 fully saturated rings. The first-order valence-corrected chi connectivity index (χ1v) is 9.14. The summed E-state index contributed by atoms with van der Waals surface area (Å²) < 4.78 is 0. The van der Waals surface area contributed by atoms with Crippen LogP contribution < -0.4 is 10.9 Å². The lowest BCUT2D eigenvalue weighted by molar-refractivity contribution is -0.119. The highest BCUT2D eigenvalue weighted by Crippen LogP contribution is 2.17. The van der Waals surface area contributed by atoms with Gasteiger partial charge < -0.3 is 4.98 Å². The summed E-state index contributed by atoms with van der Waals surface area (Å²) >= 11 is 7.29. The molecule has 128 valence electrons. The number of aromatic amines is 1. The highest BCUT2D eigenvalue weighted by molar-refractivity contribution is 7.99. The summed E-state index contributed by atoms with van der Waals surface area (Å²) in [6.45, 7) is 0. The van der Waals surface area contributed by atoms with Gasteiger partial charge in [-0.2, -0.15) is 0 Å². The maximum Gasteiger partial charge on any atom is 0.271 e. The van der Waals surface area contributed by atoms with Crippen molar-refractivity contribution in [3.63, 3.8) is 0 Å². The number of H-pyrrole nitrogens is 1. The summed E-state index contributed by atoms with van der Waals surface area (Å²) in [5.41, 5.74) is 7.33. The van der Waals surface area contributed by atoms with E-state index in [2.05, 4.69) is 15.8 Å². The Bertz CT molecular complexity index is 893. The number of halogens is 1. The standard InChI is InChI=1S/C18H16ClN3O2S/c19-13-7-5-12(6-8-13)10-25-11-17(23)21-22-18(24)15-9-20-16-4-2-1-3-14(15)16/h1-9,20H,10-11H2,(H,21,23)(H,22,24). The van der Waals surface area contributed by atoms with Gasteiger partial charge in [0, 0.05) is 27.9 Å². The zero-order chi connectivity index (χ0) is 17.6. The van der Waals surface area contributed by atoms with Crippen molar-refractivity contribution in [2.24, 2.45) is 0 Å². The summed E-state index contributed by atoms with van der Waals surface area (Å²) in [6.07, 6.45) is 1.63. The van der Waals surface area contributed by atoms with Gasteiger partial charge in [-0.3, -0.25) is 20.4 Å². The SMILES string of the molecule is O=C(CSCc1ccc(Cl)cc1)NNC(=O)c1c[nH]c2ccccc12. The molecule has 0 aliphatic heterocycles. The first kappa shape index (κ1) is 17.4. The topological polar surface area (TPSA) is 74.0 Å². The predicted octanol–water partition coefficient (Wildman–Crippen LogP) is 3.52. The first-order valence-electron chi connectivity index (χ1n) is 7.61. The van der Waals surface area contributed by atoms with E-state index >= 15 is 0 Å². The zero-order valence-corrected chi connectivity index (χ0v) is 14.8. The summed E-state index contributed by atoms with van der Waals surface area (Å²) in [5, 5.41) is 1.50. The van der Waals surface area contributed by atoms with Crippen LogP contribution in [0.3, 0.4) is 0 Å². The van der Waals surface area contributed by atoms with E-state index in [0.717, 1.165) is 16.5 Å². The van der Waals surface area contributed by atoms with Crippen LogP contribution in [0.2, 0.25) is 5.02 Å². The van der Waals surface area contributed by atoms with Crippen LogP contribution in [0.5, 0.6) is 0 Å². The Morgan fingerprint density at radius 1 is 1.04 bits per heavy atom. The van der Waals surface area contributed by atoms with Gasteiger partial charge in [0.1, 0.15) is 0 Å². The van der Waals surface area contributed by atoms with E-state index in [1.807, 2.05) is 48.5 Å². The van der Waals surface area contributed by atoms with Crippen molar-refractivity contribution < 1.29 is 9.59 Å². The van der Waals surface area contributed by atoms with E-state index in [1.165, 1.54) is 11.8 Å². The monoisotopic (exact) mass is 373 g/mol. The second-order valence-electron chi connectivity index (χ2n) is 5.37. The molecule has 0 aliphatic carbocycles. The molecule has 3 N–H and O–H groups in total. The zero-order valence-electron chi connectivity index (χ0n) is 13.2. The Morgan fingerprint density at radius 3 is 2.60 bits per heavy atom. The van der Waals surface area contributed by atoms with Crippen LogP contribution >= 0.6 is 23.4 Å². The van der Waals surface area contributed by atoms with Gasteiger partial charge in [0.05, 0.1) is 11.3 Å². The number of thioether (sulfide) groups is 1. The van der Waals surface area contributed by atoms with Gasteiger partial charge in [-0.15, -0.1) is 11.8 Å². The third-order valence-corrected chi connectivity index (χ3v) is 4.82. The Balaban J connectivity index is 1.45. The van der Waals surface area contributed by atoms with Crippen LogP contribution in [0, 0.1) is 0 Å². The van der Waals surface area contributed by atoms with Crippen LogP contribution in [-0.2, 0) is 10.5 Å². The lowest BCUT2D eigenvalue weighted by Crippen LogP contribution is -2.42. The van der Waals surface area contributed by atoms with Gasteiger partial charge in [-0.1, -0.05) is 41.9 Å². The molecular formula is C18H16ClN3O2S. The number of hydrogen-bond acceptors (Lipinski definition) is 3. The minimum Gasteiger partial charge on any atom is -0.360 e. The van der Waals surface area contributed by atoms with Crippen LogP contribution in [0.4, 0.5) is 0 Å². The smallest absolute Gasteiger partial charge is 0.271 e. The predicted molar refractivity (Wildman–Crippen MR) is 102 cm³/mol. The molecule has 2 aromatic carbocycles. The van der Waals surface area contributed by atoms with E-state index in [-0.39, 0.29) is 17.6 Å². The molecule has 5 nitrogen and oxygen atoms in total. The lowest BCUT2D eigenvalue weighted by Gasteiger charge is -2.07. The largest absolute Gasteiger partial charge is 0.360 e. The van der Waals surface area contributed by atoms with E-state index in [1.54, 1.807) is 6.20 Å². The first-order chi connectivity index (χ1) is 12.1. The van der Waals surface area contributed by atoms with E-state index in [0.29, 0.717) is 16.3 Å². The molecule has 1 heterocycles. The van der Waals surface area contributed by atoms with Gasteiger partial charge in [-0.25, -0.2) is 0 Å². The highest BCUT2D eigenvalue weighted by atomic mass is 35.5. The molecule has 0 saturated carbocycles. The molecule has 3 aromatic rings. The number of carbonyl (C=O) groups excluding carboxylic acids is 2. The molecule has 0 saturated heterocycles. The molecule has 0 spiro atoms. The van der Waals surface area contributed by atoms with Crippen LogP contribution in [0.25, 0.3) is 10.9 Å². The summed E-state index contributed by atoms with van der Waals surface area (Å²) in [4.78, 5) is 27.1. The lowest BCUT2D eigenvalue weighted by atomic mass is 10.2. The summed E-state index contributed by atoms with van der Waals surface area (Å²) in [7, 11) is 0. The Hall–Kier alpha value is -2.44. The van der Waals surface area contributed by atoms with Crippen molar-refractivity contribution in [2.45, 2.75) is 5.75 Å². The molecule has 0 unspecified atom stereocenters. The van der Waals surface area contributed by atoms with Crippen molar-refractivity contribution in [3.05, 3.63) is 70.9 Å². The Kier molecular flexibility index (Phi) is 5.63. The molecule has 0 bridgehead atoms. The third-order valence-electron chi connectivity index (χ3n) is 3.56. The Morgan fingerprint density at radius 2 is 1.80 bits per heavy atom. The molecule has 2 amide bonds. The number of carbonyl (C=O) groups is 2. The van der Waals surface area contributed by atoms with Gasteiger partial charge in [0.15, 0.2) is 0 Å². The fourth-order valence-electron chi connectivity index (χ4n) is 2.33. The van der Waals surface area contributed by atoms with E-state index in [4.69, 9.17) is 11.6 Å². The quantitative estimate of drug-likeness (QED) is 0.599. The third kappa shape index (κ3) is 4.55. The van der Waals surface area contributed by atoms with Crippen LogP contribution in [-0.4, -0.2) is 22.6 Å². The number of aromatic nitrogens is 1. The average molecular weight is 374 g/mol. The molecule has 7 heteroatoms. The second kappa shape index (κ2) is 8.09. The molecule has 25 heavy (non-hydrogen) atoms. The summed E-state index contributed by atoms with van der Waals surface area (Å²) in [6, 6.07) is 15.0. The molecular weight excluding hydrogens is 358 g/mol. The Labute approximate surface area is 154 Å². The number of fused-ring (bicyclic) bond motifs is 1. The van der Waals surface area contributed by atoms with Crippen molar-refractivity contribution in [1.82, 2.24) is 15.8 Å². The molecule has 0 radical (unpaired) electrons. The molecule has 0 atom stereocenters. The van der Waals surface area contributed by atoms with Crippen molar-refractivity contribution in [1.29, 1.82) is 0 Å². The minimum absolute atomic E-state index is 0.247. The van der Waals surface area contributed by atoms with Gasteiger partial charge in [-0.05, 0) is 23.8 Å². The van der Waals surface area contributed by atoms with Crippen LogP contribution in [0.15, 0.2) is 54.7 Å². The minimum atomic E-state index is -0.353. The maximum absolute atomic E-state index is 12.2. The number of nitrogens with one attached hydrogen (secondary N) is 3. The molecule has 3 rings (SSSR count). The van der Waals surface area contributed by atoms with Crippen molar-refractivity contribution in [2.75, 3.05) is 5.75 Å². The number of amides is 2. The fraction of sp³-hybridized carbons (Fsp3) is 0.111. The van der Waals surface area contributed by atoms with E-state index < -0.39 is 0 Å². The number of para-hydroxylation sites is 1. The molecule has 0 aliphatic rings. The molecule has 1 aromatic heterocycles. The van der Waals surface area contributed by atoms with Crippen molar-refractivity contribution in [3.8, 4) is 0 Å². The second-order valence-corrected chi connectivity index (χ2v) is 6.79. The van der Waals surface area contributed by atoms with Crippen LogP contribution in [0.1, 0.15) is 15.9 Å². The van der Waals surface area contributed by atoms with E-state index in [9.17, 15) is 9.59 Å².